The van der Waals surface area contributed by atoms with E-state index < -0.39 is 11.5 Å². The first-order chi connectivity index (χ1) is 16.0. The smallest absolute Gasteiger partial charge is 0.243 e. The van der Waals surface area contributed by atoms with E-state index in [1.54, 1.807) is 4.90 Å². The molecule has 3 N–H and O–H groups in total. The summed E-state index contributed by atoms with van der Waals surface area (Å²) in [6, 6.07) is 5.83. The van der Waals surface area contributed by atoms with Gasteiger partial charge in [-0.3, -0.25) is 9.59 Å². The Balaban J connectivity index is 1.61. The van der Waals surface area contributed by atoms with Crippen LogP contribution < -0.4 is 11.1 Å². The Morgan fingerprint density at radius 2 is 1.91 bits per heavy atom. The average molecular weight is 466 g/mol. The lowest BCUT2D eigenvalue weighted by Crippen LogP contribution is -2.59. The van der Waals surface area contributed by atoms with Crippen LogP contribution in [0.1, 0.15) is 74.5 Å². The Kier molecular flexibility index (Phi) is 6.85. The van der Waals surface area contributed by atoms with Crippen LogP contribution in [0.5, 0.6) is 0 Å². The van der Waals surface area contributed by atoms with Crippen molar-refractivity contribution in [2.24, 2.45) is 11.1 Å². The lowest BCUT2D eigenvalue weighted by atomic mass is 9.89. The number of nitrogens with zero attached hydrogens (tertiary/aromatic N) is 3. The van der Waals surface area contributed by atoms with Gasteiger partial charge in [-0.15, -0.1) is 0 Å². The van der Waals surface area contributed by atoms with Gasteiger partial charge in [-0.25, -0.2) is 4.98 Å². The molecule has 1 aliphatic heterocycles. The molecule has 4 rings (SSSR count). The van der Waals surface area contributed by atoms with E-state index in [2.05, 4.69) is 46.9 Å². The van der Waals surface area contributed by atoms with Gasteiger partial charge in [-0.05, 0) is 37.8 Å². The van der Waals surface area contributed by atoms with E-state index in [0.717, 1.165) is 37.1 Å². The van der Waals surface area contributed by atoms with Crippen molar-refractivity contribution in [2.45, 2.75) is 97.9 Å². The molecule has 2 aromatic rings. The molecule has 1 saturated carbocycles. The van der Waals surface area contributed by atoms with Gasteiger partial charge in [0.25, 0.3) is 0 Å². The van der Waals surface area contributed by atoms with E-state index in [1.165, 1.54) is 16.7 Å². The minimum absolute atomic E-state index is 0.0225. The zero-order valence-electron chi connectivity index (χ0n) is 21.2. The van der Waals surface area contributed by atoms with Crippen LogP contribution in [0.15, 0.2) is 24.5 Å². The molecule has 0 spiro atoms. The number of aryl methyl sites for hydroxylation is 2. The van der Waals surface area contributed by atoms with Gasteiger partial charge >= 0.3 is 0 Å². The van der Waals surface area contributed by atoms with Crippen molar-refractivity contribution in [1.82, 2.24) is 19.8 Å². The lowest BCUT2D eigenvalue weighted by molar-refractivity contribution is -0.148. The number of hydrogen-bond donors (Lipinski definition) is 2. The van der Waals surface area contributed by atoms with Crippen molar-refractivity contribution >= 4 is 11.8 Å². The molecule has 2 aliphatic rings. The number of benzene rings is 1. The highest BCUT2D eigenvalue weighted by Gasteiger charge is 2.41. The summed E-state index contributed by atoms with van der Waals surface area (Å²) in [5, 5.41) is 3.17. The van der Waals surface area contributed by atoms with Gasteiger partial charge in [0.15, 0.2) is 0 Å². The molecule has 0 saturated heterocycles. The monoisotopic (exact) mass is 465 g/mol. The Morgan fingerprint density at radius 3 is 2.62 bits per heavy atom. The minimum atomic E-state index is -0.588. The van der Waals surface area contributed by atoms with Crippen LogP contribution in [0.3, 0.4) is 0 Å². The largest absolute Gasteiger partial charge is 0.350 e. The number of hydrogen-bond acceptors (Lipinski definition) is 4. The summed E-state index contributed by atoms with van der Waals surface area (Å²) < 4.78 is 2.13. The molecule has 7 nitrogen and oxygen atoms in total. The number of fused-ring (bicyclic) bond motifs is 1. The maximum atomic E-state index is 13.5. The fourth-order valence-electron chi connectivity index (χ4n) is 5.15. The highest BCUT2D eigenvalue weighted by molar-refractivity contribution is 5.90. The third kappa shape index (κ3) is 5.04. The number of amides is 2. The van der Waals surface area contributed by atoms with Crippen molar-refractivity contribution in [1.29, 1.82) is 0 Å². The van der Waals surface area contributed by atoms with Crippen molar-refractivity contribution in [3.63, 3.8) is 0 Å². The molecular formula is C27H39N5O2. The number of carbonyl (C=O) groups is 2. The third-order valence-electron chi connectivity index (χ3n) is 7.31. The second kappa shape index (κ2) is 9.53. The number of rotatable bonds is 4. The summed E-state index contributed by atoms with van der Waals surface area (Å²) in [6.07, 6.45) is 6.26. The number of carbonyl (C=O) groups excluding carboxylic acids is 2. The molecule has 1 aromatic carbocycles. The first-order valence-electron chi connectivity index (χ1n) is 12.5. The first kappa shape index (κ1) is 24.5. The predicted octanol–water partition coefficient (Wildman–Crippen LogP) is 3.23. The zero-order valence-corrected chi connectivity index (χ0v) is 21.2. The molecule has 1 fully saturated rings. The highest BCUT2D eigenvalue weighted by Crippen LogP contribution is 2.29. The van der Waals surface area contributed by atoms with Gasteiger partial charge in [-0.1, -0.05) is 57.4 Å². The summed E-state index contributed by atoms with van der Waals surface area (Å²) in [7, 11) is 0. The molecule has 2 amide bonds. The Bertz CT molecular complexity index is 1070. The Hall–Kier alpha value is -2.67. The molecule has 7 heteroatoms. The SMILES string of the molecule is Cc1ccc(C)c(Cn2cnc3c2CN(C(=O)C(C)(C)C)C(C(=O)NC2CCCCC2N)C3)c1. The summed E-state index contributed by atoms with van der Waals surface area (Å²) in [5.41, 5.74) is 11.3. The van der Waals surface area contributed by atoms with Crippen LogP contribution in [0.4, 0.5) is 0 Å². The zero-order chi connectivity index (χ0) is 24.6. The van der Waals surface area contributed by atoms with E-state index in [-0.39, 0.29) is 23.9 Å². The number of aromatic nitrogens is 2. The Labute approximate surface area is 203 Å². The van der Waals surface area contributed by atoms with Crippen LogP contribution in [-0.4, -0.2) is 44.4 Å². The number of imidazole rings is 1. The van der Waals surface area contributed by atoms with Crippen LogP contribution in [0.25, 0.3) is 0 Å². The van der Waals surface area contributed by atoms with Crippen molar-refractivity contribution in [3.8, 4) is 0 Å². The summed E-state index contributed by atoms with van der Waals surface area (Å²) >= 11 is 0. The predicted molar refractivity (Wildman–Crippen MR) is 133 cm³/mol. The molecule has 3 unspecified atom stereocenters. The van der Waals surface area contributed by atoms with Crippen molar-refractivity contribution in [3.05, 3.63) is 52.6 Å². The fraction of sp³-hybridized carbons (Fsp3) is 0.593. The summed E-state index contributed by atoms with van der Waals surface area (Å²) in [6.45, 7) is 11.0. The fourth-order valence-corrected chi connectivity index (χ4v) is 5.15. The molecule has 1 aliphatic carbocycles. The third-order valence-corrected chi connectivity index (χ3v) is 7.31. The maximum Gasteiger partial charge on any atom is 0.243 e. The van der Waals surface area contributed by atoms with Gasteiger partial charge in [0.2, 0.25) is 11.8 Å². The maximum absolute atomic E-state index is 13.5. The molecule has 184 valence electrons. The molecule has 1 aromatic heterocycles. The van der Waals surface area contributed by atoms with Gasteiger partial charge in [0, 0.05) is 30.5 Å². The van der Waals surface area contributed by atoms with Crippen LogP contribution in [0, 0.1) is 19.3 Å². The normalized spacial score (nSPS) is 22.9. The quantitative estimate of drug-likeness (QED) is 0.725. The van der Waals surface area contributed by atoms with Gasteiger partial charge in [-0.2, -0.15) is 0 Å². The van der Waals surface area contributed by atoms with Crippen molar-refractivity contribution in [2.75, 3.05) is 0 Å². The van der Waals surface area contributed by atoms with Crippen LogP contribution in [0.2, 0.25) is 0 Å². The molecule has 0 radical (unpaired) electrons. The second-order valence-corrected chi connectivity index (χ2v) is 11.2. The summed E-state index contributed by atoms with van der Waals surface area (Å²) in [4.78, 5) is 33.4. The number of nitrogens with two attached hydrogens (primary N) is 1. The van der Waals surface area contributed by atoms with E-state index in [1.807, 2.05) is 27.1 Å². The van der Waals surface area contributed by atoms with Gasteiger partial charge < -0.3 is 20.5 Å². The van der Waals surface area contributed by atoms with Gasteiger partial charge in [0.05, 0.1) is 24.3 Å². The molecule has 0 bridgehead atoms. The Morgan fingerprint density at radius 1 is 1.18 bits per heavy atom. The average Bonchev–Trinajstić information content (AvgIpc) is 3.17. The number of nitrogens with one attached hydrogen (secondary N) is 1. The van der Waals surface area contributed by atoms with E-state index >= 15 is 0 Å². The highest BCUT2D eigenvalue weighted by atomic mass is 16.2. The molecule has 2 heterocycles. The lowest BCUT2D eigenvalue weighted by Gasteiger charge is -2.39. The van der Waals surface area contributed by atoms with Crippen molar-refractivity contribution < 1.29 is 9.59 Å². The van der Waals surface area contributed by atoms with Crippen LogP contribution in [-0.2, 0) is 29.1 Å². The molecular weight excluding hydrogens is 426 g/mol. The first-order valence-corrected chi connectivity index (χ1v) is 12.5. The molecule has 3 atom stereocenters. The van der Waals surface area contributed by atoms with E-state index in [4.69, 9.17) is 5.73 Å². The summed E-state index contributed by atoms with van der Waals surface area (Å²) in [5.74, 6) is -0.139. The topological polar surface area (TPSA) is 93.2 Å². The van der Waals surface area contributed by atoms with Gasteiger partial charge in [0.1, 0.15) is 6.04 Å². The second-order valence-electron chi connectivity index (χ2n) is 11.2. The molecule has 34 heavy (non-hydrogen) atoms. The minimum Gasteiger partial charge on any atom is -0.350 e. The van der Waals surface area contributed by atoms with E-state index in [9.17, 15) is 9.59 Å². The van der Waals surface area contributed by atoms with E-state index in [0.29, 0.717) is 19.5 Å². The van der Waals surface area contributed by atoms with Crippen LogP contribution >= 0.6 is 0 Å². The standard InChI is InChI=1S/C27H39N5O2/c1-17-10-11-18(2)19(12-17)14-31-16-29-22-13-23(25(33)30-21-9-7-6-8-20(21)28)32(15-24(22)31)26(34)27(3,4)5/h10-12,16,20-21,23H,6-9,13-15,28H2,1-5H3,(H,30,33).